The van der Waals surface area contributed by atoms with Crippen molar-refractivity contribution < 1.29 is 0 Å². The quantitative estimate of drug-likeness (QED) is 0.704. The van der Waals surface area contributed by atoms with Crippen LogP contribution < -0.4 is 16.2 Å². The van der Waals surface area contributed by atoms with E-state index in [1.807, 2.05) is 0 Å². The van der Waals surface area contributed by atoms with Crippen LogP contribution in [0.25, 0.3) is 0 Å². The van der Waals surface area contributed by atoms with Gasteiger partial charge in [0.25, 0.3) is 0 Å². The first-order chi connectivity index (χ1) is 11.4. The van der Waals surface area contributed by atoms with Crippen molar-refractivity contribution >= 4 is 13.2 Å². The van der Waals surface area contributed by atoms with Crippen LogP contribution in [0.5, 0.6) is 0 Å². The maximum Gasteiger partial charge on any atom is 0.0717 e. The minimum atomic E-state index is -0.442. The van der Waals surface area contributed by atoms with Crippen molar-refractivity contribution in [1.29, 1.82) is 0 Å². The van der Waals surface area contributed by atoms with E-state index in [4.69, 9.17) is 0 Å². The van der Waals surface area contributed by atoms with Crippen molar-refractivity contribution in [2.75, 3.05) is 0 Å². The molecule has 0 radical (unpaired) electrons. The molecule has 1 aliphatic rings. The first kappa shape index (κ1) is 14.6. The van der Waals surface area contributed by atoms with E-state index in [0.717, 1.165) is 0 Å². The Kier molecular flexibility index (Phi) is 4.21. The van der Waals surface area contributed by atoms with Gasteiger partial charge in [-0.05, 0) is 24.4 Å². The summed E-state index contributed by atoms with van der Waals surface area (Å²) in [5, 5.41) is 1.42. The zero-order chi connectivity index (χ0) is 15.5. The molecule has 0 saturated carbocycles. The van der Waals surface area contributed by atoms with E-state index in [0.29, 0.717) is 11.6 Å². The Hall–Kier alpha value is -1.99. The van der Waals surface area contributed by atoms with Crippen LogP contribution in [-0.2, 0) is 0 Å². The van der Waals surface area contributed by atoms with E-state index in [1.54, 1.807) is 0 Å². The molecular formula is C20H19N2P. The molecule has 1 heterocycles. The van der Waals surface area contributed by atoms with E-state index in [2.05, 4.69) is 102 Å². The van der Waals surface area contributed by atoms with Crippen LogP contribution in [0.15, 0.2) is 91.0 Å². The van der Waals surface area contributed by atoms with Gasteiger partial charge in [0, 0.05) is 0 Å². The molecule has 2 unspecified atom stereocenters. The first-order valence-electron chi connectivity index (χ1n) is 7.88. The van der Waals surface area contributed by atoms with Gasteiger partial charge in [0.1, 0.15) is 0 Å². The fourth-order valence-corrected chi connectivity index (χ4v) is 5.93. The van der Waals surface area contributed by atoms with Gasteiger partial charge in [0.2, 0.25) is 0 Å². The van der Waals surface area contributed by atoms with Crippen molar-refractivity contribution in [2.24, 2.45) is 0 Å². The average Bonchev–Trinajstić information content (AvgIpc) is 3.09. The van der Waals surface area contributed by atoms with Gasteiger partial charge in [0.05, 0.1) is 11.6 Å². The minimum absolute atomic E-state index is 0.318. The molecule has 2 atom stereocenters. The van der Waals surface area contributed by atoms with Crippen molar-refractivity contribution in [3.63, 3.8) is 0 Å². The molecular weight excluding hydrogens is 299 g/mol. The van der Waals surface area contributed by atoms with Crippen LogP contribution in [-0.4, -0.2) is 0 Å². The second kappa shape index (κ2) is 6.64. The Morgan fingerprint density at radius 2 is 0.913 bits per heavy atom. The van der Waals surface area contributed by atoms with Gasteiger partial charge >= 0.3 is 0 Å². The van der Waals surface area contributed by atoms with Crippen LogP contribution in [0.3, 0.4) is 0 Å². The summed E-state index contributed by atoms with van der Waals surface area (Å²) in [7, 11) is -0.442. The Morgan fingerprint density at radius 3 is 1.35 bits per heavy atom. The molecule has 1 saturated heterocycles. The Labute approximate surface area is 138 Å². The standard InChI is InChI=1S/C20H19N2P/c1-4-10-16(11-5-1)19-21-22-20(17-12-6-2-7-13-17)23(19)18-14-8-3-9-15-18/h1-15,19-22H. The lowest BCUT2D eigenvalue weighted by Crippen LogP contribution is -2.26. The zero-order valence-electron chi connectivity index (χ0n) is 12.8. The van der Waals surface area contributed by atoms with Crippen LogP contribution >= 0.6 is 7.92 Å². The summed E-state index contributed by atoms with van der Waals surface area (Å²) in [6.45, 7) is 0. The summed E-state index contributed by atoms with van der Waals surface area (Å²) in [5.74, 6) is 0.637. The highest BCUT2D eigenvalue weighted by Crippen LogP contribution is 2.61. The molecule has 114 valence electrons. The number of rotatable bonds is 3. The number of benzene rings is 3. The molecule has 4 rings (SSSR count). The first-order valence-corrected chi connectivity index (χ1v) is 9.36. The van der Waals surface area contributed by atoms with Gasteiger partial charge in [-0.3, -0.25) is 0 Å². The molecule has 1 fully saturated rings. The molecule has 0 spiro atoms. The van der Waals surface area contributed by atoms with E-state index in [1.165, 1.54) is 16.4 Å². The average molecular weight is 318 g/mol. The Morgan fingerprint density at radius 1 is 0.522 bits per heavy atom. The van der Waals surface area contributed by atoms with E-state index in [-0.39, 0.29) is 0 Å². The molecule has 0 aliphatic carbocycles. The monoisotopic (exact) mass is 318 g/mol. The molecule has 2 nitrogen and oxygen atoms in total. The van der Waals surface area contributed by atoms with Crippen LogP contribution in [0.4, 0.5) is 0 Å². The lowest BCUT2D eigenvalue weighted by atomic mass is 10.2. The van der Waals surface area contributed by atoms with E-state index >= 15 is 0 Å². The highest BCUT2D eigenvalue weighted by Gasteiger charge is 2.37. The van der Waals surface area contributed by atoms with Gasteiger partial charge in [0.15, 0.2) is 0 Å². The number of nitrogens with one attached hydrogen (secondary N) is 2. The molecule has 0 bridgehead atoms. The second-order valence-electron chi connectivity index (χ2n) is 5.66. The topological polar surface area (TPSA) is 24.1 Å². The number of hydrogen-bond acceptors (Lipinski definition) is 2. The molecule has 2 N–H and O–H groups in total. The smallest absolute Gasteiger partial charge is 0.0717 e. The maximum atomic E-state index is 3.55. The third-order valence-corrected chi connectivity index (χ3v) is 7.06. The highest BCUT2D eigenvalue weighted by atomic mass is 31.1. The predicted octanol–water partition coefficient (Wildman–Crippen LogP) is 4.30. The SMILES string of the molecule is c1ccc(C2NNC(c3ccccc3)P2c2ccccc2)cc1. The number of hydrazine groups is 1. The number of hydrogen-bond donors (Lipinski definition) is 2. The van der Waals surface area contributed by atoms with Crippen molar-refractivity contribution in [2.45, 2.75) is 11.6 Å². The van der Waals surface area contributed by atoms with Crippen molar-refractivity contribution in [1.82, 2.24) is 10.9 Å². The molecule has 1 aliphatic heterocycles. The molecule has 23 heavy (non-hydrogen) atoms. The van der Waals surface area contributed by atoms with Gasteiger partial charge < -0.3 is 0 Å². The molecule has 0 aromatic heterocycles. The van der Waals surface area contributed by atoms with Gasteiger partial charge in [-0.15, -0.1) is 0 Å². The summed E-state index contributed by atoms with van der Waals surface area (Å²) in [5.41, 5.74) is 9.78. The molecule has 3 heteroatoms. The highest BCUT2D eigenvalue weighted by molar-refractivity contribution is 7.66. The molecule has 0 amide bonds. The minimum Gasteiger partial charge on any atom is -0.245 e. The summed E-state index contributed by atoms with van der Waals surface area (Å²) in [4.78, 5) is 0. The summed E-state index contributed by atoms with van der Waals surface area (Å²) < 4.78 is 0. The third kappa shape index (κ3) is 2.94. The lowest BCUT2D eigenvalue weighted by Gasteiger charge is -2.24. The van der Waals surface area contributed by atoms with Gasteiger partial charge in [-0.2, -0.15) is 0 Å². The largest absolute Gasteiger partial charge is 0.245 e. The second-order valence-corrected chi connectivity index (χ2v) is 8.02. The Bertz CT molecular complexity index is 699. The molecule has 3 aromatic rings. The third-order valence-electron chi connectivity index (χ3n) is 4.20. The lowest BCUT2D eigenvalue weighted by molar-refractivity contribution is 0.555. The van der Waals surface area contributed by atoms with Crippen LogP contribution in [0.2, 0.25) is 0 Å². The van der Waals surface area contributed by atoms with Crippen LogP contribution in [0, 0.1) is 0 Å². The van der Waals surface area contributed by atoms with Gasteiger partial charge in [-0.1, -0.05) is 91.0 Å². The Balaban J connectivity index is 1.77. The van der Waals surface area contributed by atoms with Crippen molar-refractivity contribution in [3.05, 3.63) is 102 Å². The van der Waals surface area contributed by atoms with Crippen LogP contribution in [0.1, 0.15) is 22.7 Å². The molecule has 3 aromatic carbocycles. The van der Waals surface area contributed by atoms with Gasteiger partial charge in [-0.25, -0.2) is 10.9 Å². The summed E-state index contributed by atoms with van der Waals surface area (Å²) in [6, 6.07) is 32.3. The van der Waals surface area contributed by atoms with E-state index in [9.17, 15) is 0 Å². The van der Waals surface area contributed by atoms with Crippen molar-refractivity contribution in [3.8, 4) is 0 Å². The summed E-state index contributed by atoms with van der Waals surface area (Å²) >= 11 is 0. The fraction of sp³-hybridized carbons (Fsp3) is 0.100. The predicted molar refractivity (Wildman–Crippen MR) is 97.6 cm³/mol. The maximum absolute atomic E-state index is 3.55. The zero-order valence-corrected chi connectivity index (χ0v) is 13.7. The normalized spacial score (nSPS) is 23.7. The summed E-state index contributed by atoms with van der Waals surface area (Å²) in [6.07, 6.45) is 0. The van der Waals surface area contributed by atoms with E-state index < -0.39 is 7.92 Å². The fourth-order valence-electron chi connectivity index (χ4n) is 3.10.